The maximum Gasteiger partial charge on any atom is 0.410 e. The monoisotopic (exact) mass is 454 g/mol. The predicted molar refractivity (Wildman–Crippen MR) is 132 cm³/mol. The zero-order chi connectivity index (χ0) is 23.5. The molecule has 0 bridgehead atoms. The maximum atomic E-state index is 12.8. The molecule has 1 aliphatic carbocycles. The molecule has 1 saturated carbocycles. The zero-order valence-electron chi connectivity index (χ0n) is 19.5. The van der Waals surface area contributed by atoms with Gasteiger partial charge in [-0.05, 0) is 72.6 Å². The summed E-state index contributed by atoms with van der Waals surface area (Å²) >= 11 is 0. The lowest BCUT2D eigenvalue weighted by Gasteiger charge is -2.25. The van der Waals surface area contributed by atoms with Gasteiger partial charge in [0.25, 0.3) is 5.91 Å². The van der Waals surface area contributed by atoms with Crippen molar-refractivity contribution in [1.29, 1.82) is 0 Å². The fourth-order valence-corrected chi connectivity index (χ4v) is 4.65. The zero-order valence-corrected chi connectivity index (χ0v) is 19.5. The second kappa shape index (κ2) is 9.72. The van der Waals surface area contributed by atoms with Crippen molar-refractivity contribution >= 4 is 12.0 Å². The number of aryl methyl sites for hydroxylation is 1. The van der Waals surface area contributed by atoms with Crippen molar-refractivity contribution in [2.75, 3.05) is 6.54 Å². The number of carbonyl (C=O) groups excluding carboxylic acids is 2. The van der Waals surface area contributed by atoms with Gasteiger partial charge in [-0.2, -0.15) is 0 Å². The van der Waals surface area contributed by atoms with Gasteiger partial charge in [0.1, 0.15) is 6.61 Å². The number of nitrogens with zero attached hydrogens (tertiary/aromatic N) is 1. The van der Waals surface area contributed by atoms with E-state index in [1.807, 2.05) is 59.5 Å². The van der Waals surface area contributed by atoms with Gasteiger partial charge in [-0.3, -0.25) is 4.79 Å². The Labute approximate surface area is 200 Å². The van der Waals surface area contributed by atoms with Crippen LogP contribution in [0.5, 0.6) is 0 Å². The molecule has 174 valence electrons. The minimum atomic E-state index is -0.256. The Kier molecular flexibility index (Phi) is 6.35. The highest BCUT2D eigenvalue weighted by Crippen LogP contribution is 2.35. The van der Waals surface area contributed by atoms with E-state index in [9.17, 15) is 9.59 Å². The fourth-order valence-electron chi connectivity index (χ4n) is 4.65. The Hall–Kier alpha value is -3.60. The number of nitrogens with one attached hydrogen (secondary N) is 1. The van der Waals surface area contributed by atoms with Crippen molar-refractivity contribution in [1.82, 2.24) is 10.2 Å². The molecule has 34 heavy (non-hydrogen) atoms. The Balaban J connectivity index is 1.26. The van der Waals surface area contributed by atoms with Crippen LogP contribution >= 0.6 is 0 Å². The van der Waals surface area contributed by atoms with Crippen LogP contribution in [0.15, 0.2) is 72.8 Å². The molecule has 2 amide bonds. The highest BCUT2D eigenvalue weighted by Gasteiger charge is 2.31. The predicted octanol–water partition coefficient (Wildman–Crippen LogP) is 6.03. The molecule has 1 atom stereocenters. The van der Waals surface area contributed by atoms with E-state index in [1.165, 1.54) is 0 Å². The summed E-state index contributed by atoms with van der Waals surface area (Å²) in [5.41, 5.74) is 6.18. The third-order valence-corrected chi connectivity index (χ3v) is 6.70. The van der Waals surface area contributed by atoms with Gasteiger partial charge in [-0.1, -0.05) is 60.7 Å². The van der Waals surface area contributed by atoms with Gasteiger partial charge in [0, 0.05) is 18.2 Å². The lowest BCUT2D eigenvalue weighted by atomic mass is 9.94. The average molecular weight is 455 g/mol. The summed E-state index contributed by atoms with van der Waals surface area (Å²) in [4.78, 5) is 26.9. The van der Waals surface area contributed by atoms with Gasteiger partial charge >= 0.3 is 6.09 Å². The number of ether oxygens (including phenoxy) is 1. The number of likely N-dealkylation sites (tertiary alicyclic amines) is 1. The summed E-state index contributed by atoms with van der Waals surface area (Å²) in [6.07, 6.45) is 3.81. The smallest absolute Gasteiger partial charge is 0.410 e. The Morgan fingerprint density at radius 3 is 2.44 bits per heavy atom. The van der Waals surface area contributed by atoms with Gasteiger partial charge in [-0.15, -0.1) is 0 Å². The molecular formula is C29H30N2O3. The third-order valence-electron chi connectivity index (χ3n) is 6.70. The van der Waals surface area contributed by atoms with Crippen LogP contribution in [-0.4, -0.2) is 29.5 Å². The molecule has 2 aliphatic rings. The number of amides is 2. The standard InChI is InChI=1S/C29H30N2O3/c1-20-18-24(27-8-5-17-31(27)29(33)34-19-21-6-3-2-4-7-21)13-16-26(20)22-9-11-23(12-10-22)28(32)30-25-14-15-25/h2-4,6-7,9-13,16,18,25,27H,5,8,14-15,17,19H2,1H3,(H,30,32). The normalized spacial score (nSPS) is 17.4. The van der Waals surface area contributed by atoms with E-state index in [2.05, 4.69) is 30.4 Å². The number of rotatable bonds is 6. The maximum absolute atomic E-state index is 12.8. The summed E-state index contributed by atoms with van der Waals surface area (Å²) in [5.74, 6) is 0.00148. The largest absolute Gasteiger partial charge is 0.445 e. The van der Waals surface area contributed by atoms with Gasteiger partial charge < -0.3 is 15.0 Å². The first kappa shape index (κ1) is 22.2. The first-order chi connectivity index (χ1) is 16.6. The Bertz CT molecular complexity index is 1170. The van der Waals surface area contributed by atoms with Crippen LogP contribution in [0.3, 0.4) is 0 Å². The van der Waals surface area contributed by atoms with Gasteiger partial charge in [0.2, 0.25) is 0 Å². The van der Waals surface area contributed by atoms with Crippen molar-refractivity contribution in [2.24, 2.45) is 0 Å². The van der Waals surface area contributed by atoms with Crippen molar-refractivity contribution in [2.45, 2.75) is 51.3 Å². The quantitative estimate of drug-likeness (QED) is 0.495. The first-order valence-electron chi connectivity index (χ1n) is 12.1. The molecule has 2 fully saturated rings. The summed E-state index contributed by atoms with van der Waals surface area (Å²) in [6.45, 7) is 3.10. The molecule has 1 N–H and O–H groups in total. The van der Waals surface area contributed by atoms with Crippen molar-refractivity contribution in [3.63, 3.8) is 0 Å². The summed E-state index contributed by atoms with van der Waals surface area (Å²) < 4.78 is 5.60. The molecule has 0 aromatic heterocycles. The Morgan fingerprint density at radius 1 is 0.971 bits per heavy atom. The van der Waals surface area contributed by atoms with Crippen LogP contribution in [0, 0.1) is 6.92 Å². The summed E-state index contributed by atoms with van der Waals surface area (Å²) in [6, 6.07) is 24.4. The van der Waals surface area contributed by atoms with Gasteiger partial charge in [0.05, 0.1) is 6.04 Å². The van der Waals surface area contributed by atoms with Crippen molar-refractivity contribution < 1.29 is 14.3 Å². The van der Waals surface area contributed by atoms with Crippen LogP contribution < -0.4 is 5.32 Å². The van der Waals surface area contributed by atoms with E-state index in [4.69, 9.17) is 4.74 Å². The molecule has 0 spiro atoms. The molecule has 1 saturated heterocycles. The highest BCUT2D eigenvalue weighted by atomic mass is 16.6. The van der Waals surface area contributed by atoms with Crippen LogP contribution in [0.2, 0.25) is 0 Å². The lowest BCUT2D eigenvalue weighted by molar-refractivity contribution is 0.0919. The second-order valence-electron chi connectivity index (χ2n) is 9.29. The van der Waals surface area contributed by atoms with E-state index in [1.54, 1.807) is 0 Å². The van der Waals surface area contributed by atoms with Crippen molar-refractivity contribution in [3.8, 4) is 11.1 Å². The van der Waals surface area contributed by atoms with E-state index >= 15 is 0 Å². The minimum absolute atomic E-state index is 0.00148. The molecule has 1 unspecified atom stereocenters. The van der Waals surface area contributed by atoms with Crippen molar-refractivity contribution in [3.05, 3.63) is 95.1 Å². The van der Waals surface area contributed by atoms with Crippen LogP contribution in [0.1, 0.15) is 58.8 Å². The van der Waals surface area contributed by atoms with E-state index in [0.717, 1.165) is 53.5 Å². The van der Waals surface area contributed by atoms with Crippen LogP contribution in [0.25, 0.3) is 11.1 Å². The van der Waals surface area contributed by atoms with Gasteiger partial charge in [-0.25, -0.2) is 4.79 Å². The molecule has 3 aromatic rings. The number of hydrogen-bond donors (Lipinski definition) is 1. The number of carbonyl (C=O) groups is 2. The SMILES string of the molecule is Cc1cc(C2CCCN2C(=O)OCc2ccccc2)ccc1-c1ccc(C(=O)NC2CC2)cc1. The van der Waals surface area contributed by atoms with E-state index in [-0.39, 0.29) is 24.6 Å². The summed E-state index contributed by atoms with van der Waals surface area (Å²) in [7, 11) is 0. The molecule has 0 radical (unpaired) electrons. The fraction of sp³-hybridized carbons (Fsp3) is 0.310. The van der Waals surface area contributed by atoms with E-state index in [0.29, 0.717) is 18.2 Å². The lowest BCUT2D eigenvalue weighted by Crippen LogP contribution is -2.31. The Morgan fingerprint density at radius 2 is 1.74 bits per heavy atom. The van der Waals surface area contributed by atoms with Crippen LogP contribution in [0.4, 0.5) is 4.79 Å². The molecule has 5 rings (SSSR count). The average Bonchev–Trinajstić information content (AvgIpc) is 3.54. The molecule has 1 heterocycles. The minimum Gasteiger partial charge on any atom is -0.445 e. The number of hydrogen-bond acceptors (Lipinski definition) is 3. The highest BCUT2D eigenvalue weighted by molar-refractivity contribution is 5.95. The molecular weight excluding hydrogens is 424 g/mol. The molecule has 5 nitrogen and oxygen atoms in total. The first-order valence-corrected chi connectivity index (χ1v) is 12.1. The number of benzene rings is 3. The summed E-state index contributed by atoms with van der Waals surface area (Å²) in [5, 5.41) is 3.03. The molecule has 5 heteroatoms. The van der Waals surface area contributed by atoms with Crippen LogP contribution in [-0.2, 0) is 11.3 Å². The van der Waals surface area contributed by atoms with Gasteiger partial charge in [0.15, 0.2) is 0 Å². The second-order valence-corrected chi connectivity index (χ2v) is 9.29. The molecule has 3 aromatic carbocycles. The third kappa shape index (κ3) is 4.98. The van der Waals surface area contributed by atoms with E-state index < -0.39 is 0 Å². The topological polar surface area (TPSA) is 58.6 Å². The molecule has 1 aliphatic heterocycles.